The van der Waals surface area contributed by atoms with Gasteiger partial charge in [-0.2, -0.15) is 0 Å². The number of hydrogen-bond acceptors (Lipinski definition) is 7. The first-order valence-electron chi connectivity index (χ1n) is 17.6. The molecule has 0 aliphatic heterocycles. The molecule has 0 atom stereocenters. The first kappa shape index (κ1) is 43.8. The summed E-state index contributed by atoms with van der Waals surface area (Å²) in [5.74, 6) is 0.991. The van der Waals surface area contributed by atoms with Gasteiger partial charge >= 0.3 is 0 Å². The number of carbonyl (C=O) groups is 4. The van der Waals surface area contributed by atoms with E-state index in [9.17, 15) is 19.2 Å². The molecule has 11 heteroatoms. The van der Waals surface area contributed by atoms with Gasteiger partial charge in [0.1, 0.15) is 5.54 Å². The summed E-state index contributed by atoms with van der Waals surface area (Å²) in [5.41, 5.74) is -1.07. The van der Waals surface area contributed by atoms with Crippen molar-refractivity contribution in [2.24, 2.45) is 23.7 Å². The minimum atomic E-state index is -1.07. The molecule has 46 heavy (non-hydrogen) atoms. The third-order valence-electron chi connectivity index (χ3n) is 7.31. The second kappa shape index (κ2) is 26.8. The summed E-state index contributed by atoms with van der Waals surface area (Å²) in [7, 11) is 0. The van der Waals surface area contributed by atoms with Crippen LogP contribution in [-0.4, -0.2) is 88.4 Å². The van der Waals surface area contributed by atoms with Gasteiger partial charge in [0.05, 0.1) is 39.6 Å². The van der Waals surface area contributed by atoms with Crippen molar-refractivity contribution in [1.29, 1.82) is 0 Å². The van der Waals surface area contributed by atoms with Crippen LogP contribution < -0.4 is 21.3 Å². The molecular weight excluding hydrogens is 588 g/mol. The Kier molecular flexibility index (Phi) is 25.5. The van der Waals surface area contributed by atoms with Crippen molar-refractivity contribution in [1.82, 2.24) is 21.3 Å². The molecule has 0 aromatic carbocycles. The highest BCUT2D eigenvalue weighted by atomic mass is 16.5. The summed E-state index contributed by atoms with van der Waals surface area (Å²) in [6, 6.07) is 0. The SMILES string of the molecule is CC(C)CCCNC(=O)CCOCC(COCCC(=O)NCCCC(C)C)(COCCC(=O)NCCCC(C)C)NC(=O)C(C)C. The molecule has 270 valence electrons. The van der Waals surface area contributed by atoms with E-state index in [1.54, 1.807) is 13.8 Å². The van der Waals surface area contributed by atoms with E-state index in [0.29, 0.717) is 37.4 Å². The fourth-order valence-corrected chi connectivity index (χ4v) is 4.42. The third kappa shape index (κ3) is 25.9. The van der Waals surface area contributed by atoms with Crippen LogP contribution in [0.3, 0.4) is 0 Å². The Balaban J connectivity index is 5.18. The number of nitrogens with one attached hydrogen (secondary N) is 4. The Morgan fingerprint density at radius 2 is 0.826 bits per heavy atom. The van der Waals surface area contributed by atoms with Crippen LogP contribution in [-0.2, 0) is 33.4 Å². The zero-order valence-corrected chi connectivity index (χ0v) is 30.4. The van der Waals surface area contributed by atoms with Crippen LogP contribution in [0.4, 0.5) is 0 Å². The summed E-state index contributed by atoms with van der Waals surface area (Å²) in [5, 5.41) is 11.8. The van der Waals surface area contributed by atoms with Crippen molar-refractivity contribution in [3.8, 4) is 0 Å². The maximum Gasteiger partial charge on any atom is 0.223 e. The predicted molar refractivity (Wildman–Crippen MR) is 183 cm³/mol. The Bertz CT molecular complexity index is 745. The second-order valence-electron chi connectivity index (χ2n) is 14.0. The van der Waals surface area contributed by atoms with Gasteiger partial charge in [-0.3, -0.25) is 19.2 Å². The minimum Gasteiger partial charge on any atom is -0.378 e. The summed E-state index contributed by atoms with van der Waals surface area (Å²) in [6.45, 7) is 19.0. The van der Waals surface area contributed by atoms with Crippen molar-refractivity contribution >= 4 is 23.6 Å². The van der Waals surface area contributed by atoms with Crippen LogP contribution in [0.5, 0.6) is 0 Å². The molecule has 0 aliphatic rings. The van der Waals surface area contributed by atoms with E-state index in [2.05, 4.69) is 62.8 Å². The molecule has 0 fully saturated rings. The first-order valence-corrected chi connectivity index (χ1v) is 17.6. The van der Waals surface area contributed by atoms with E-state index in [1.807, 2.05) is 0 Å². The molecule has 0 aliphatic carbocycles. The lowest BCUT2D eigenvalue weighted by molar-refractivity contribution is -0.132. The molecule has 4 amide bonds. The standard InChI is InChI=1S/C35H68N4O7/c1-27(2)12-9-18-36-31(40)15-21-44-24-35(39-34(43)30(7)8,25-45-22-16-32(41)37-19-10-13-28(3)4)26-46-23-17-33(42)38-20-11-14-29(5)6/h27-30H,9-26H2,1-8H3,(H,36,40)(H,37,41)(H,38,42)(H,39,43). The largest absolute Gasteiger partial charge is 0.378 e. The molecule has 0 aromatic heterocycles. The van der Waals surface area contributed by atoms with Gasteiger partial charge in [0.15, 0.2) is 0 Å². The summed E-state index contributed by atoms with van der Waals surface area (Å²) >= 11 is 0. The highest BCUT2D eigenvalue weighted by Gasteiger charge is 2.34. The predicted octanol–water partition coefficient (Wildman–Crippen LogP) is 4.37. The fraction of sp³-hybridized carbons (Fsp3) is 0.886. The van der Waals surface area contributed by atoms with Crippen molar-refractivity contribution in [3.63, 3.8) is 0 Å². The van der Waals surface area contributed by atoms with Crippen molar-refractivity contribution in [3.05, 3.63) is 0 Å². The van der Waals surface area contributed by atoms with E-state index in [0.717, 1.165) is 38.5 Å². The van der Waals surface area contributed by atoms with Crippen LogP contribution in [0.2, 0.25) is 0 Å². The molecule has 0 heterocycles. The number of rotatable bonds is 29. The summed E-state index contributed by atoms with van der Waals surface area (Å²) in [6.07, 6.45) is 6.49. The molecule has 0 aromatic rings. The van der Waals surface area contributed by atoms with Crippen LogP contribution in [0.15, 0.2) is 0 Å². The van der Waals surface area contributed by atoms with E-state index in [4.69, 9.17) is 14.2 Å². The van der Waals surface area contributed by atoms with Gasteiger partial charge in [-0.25, -0.2) is 0 Å². The maximum absolute atomic E-state index is 12.9. The molecule has 0 unspecified atom stereocenters. The first-order chi connectivity index (χ1) is 21.8. The van der Waals surface area contributed by atoms with E-state index in [-0.39, 0.29) is 88.5 Å². The fourth-order valence-electron chi connectivity index (χ4n) is 4.42. The minimum absolute atomic E-state index is 0.0366. The molecule has 0 saturated carbocycles. The molecular formula is C35H68N4O7. The zero-order chi connectivity index (χ0) is 34.8. The monoisotopic (exact) mass is 657 g/mol. The van der Waals surface area contributed by atoms with E-state index in [1.165, 1.54) is 0 Å². The molecule has 0 rings (SSSR count). The van der Waals surface area contributed by atoms with Gasteiger partial charge in [-0.1, -0.05) is 55.4 Å². The Hall–Kier alpha value is -2.24. The summed E-state index contributed by atoms with van der Waals surface area (Å²) in [4.78, 5) is 49.8. The average Bonchev–Trinajstić information content (AvgIpc) is 2.98. The van der Waals surface area contributed by atoms with Gasteiger partial charge < -0.3 is 35.5 Å². The van der Waals surface area contributed by atoms with E-state index < -0.39 is 5.54 Å². The molecule has 0 bridgehead atoms. The number of amides is 4. The van der Waals surface area contributed by atoms with Crippen LogP contribution >= 0.6 is 0 Å². The molecule has 0 radical (unpaired) electrons. The normalized spacial score (nSPS) is 11.8. The van der Waals surface area contributed by atoms with Crippen LogP contribution in [0.1, 0.15) is 113 Å². The number of hydrogen-bond donors (Lipinski definition) is 4. The van der Waals surface area contributed by atoms with E-state index >= 15 is 0 Å². The lowest BCUT2D eigenvalue weighted by atomic mass is 10.0. The third-order valence-corrected chi connectivity index (χ3v) is 7.31. The van der Waals surface area contributed by atoms with Gasteiger partial charge in [0.2, 0.25) is 23.6 Å². The number of carbonyl (C=O) groups excluding carboxylic acids is 4. The lowest BCUT2D eigenvalue weighted by Crippen LogP contribution is -2.59. The van der Waals surface area contributed by atoms with Crippen LogP contribution in [0.25, 0.3) is 0 Å². The Morgan fingerprint density at radius 1 is 0.522 bits per heavy atom. The highest BCUT2D eigenvalue weighted by molar-refractivity contribution is 5.79. The van der Waals surface area contributed by atoms with Gasteiger partial charge in [0.25, 0.3) is 0 Å². The number of ether oxygens (including phenoxy) is 3. The van der Waals surface area contributed by atoms with Gasteiger partial charge in [-0.05, 0) is 56.3 Å². The topological polar surface area (TPSA) is 144 Å². The summed E-state index contributed by atoms with van der Waals surface area (Å²) < 4.78 is 17.8. The molecule has 4 N–H and O–H groups in total. The zero-order valence-electron chi connectivity index (χ0n) is 30.4. The highest BCUT2D eigenvalue weighted by Crippen LogP contribution is 2.12. The molecule has 11 nitrogen and oxygen atoms in total. The average molecular weight is 657 g/mol. The lowest BCUT2D eigenvalue weighted by Gasteiger charge is -2.35. The van der Waals surface area contributed by atoms with Gasteiger partial charge in [0, 0.05) is 44.8 Å². The Labute approximate surface area is 279 Å². The molecule has 0 spiro atoms. The van der Waals surface area contributed by atoms with Crippen LogP contribution in [0, 0.1) is 23.7 Å². The molecule has 0 saturated heterocycles. The second-order valence-corrected chi connectivity index (χ2v) is 14.0. The maximum atomic E-state index is 12.9. The van der Waals surface area contributed by atoms with Crippen molar-refractivity contribution in [2.75, 3.05) is 59.3 Å². The quantitative estimate of drug-likeness (QED) is 0.0876. The van der Waals surface area contributed by atoms with Crippen molar-refractivity contribution in [2.45, 2.75) is 119 Å². The van der Waals surface area contributed by atoms with Gasteiger partial charge in [-0.15, -0.1) is 0 Å². The smallest absolute Gasteiger partial charge is 0.223 e. The Morgan fingerprint density at radius 3 is 1.09 bits per heavy atom. The van der Waals surface area contributed by atoms with Crippen molar-refractivity contribution < 1.29 is 33.4 Å².